The van der Waals surface area contributed by atoms with Gasteiger partial charge in [-0.25, -0.2) is 4.79 Å². The van der Waals surface area contributed by atoms with Crippen LogP contribution in [0.5, 0.6) is 5.75 Å². The number of para-hydroxylation sites is 1. The quantitative estimate of drug-likeness (QED) is 0.670. The van der Waals surface area contributed by atoms with Crippen LogP contribution in [0.25, 0.3) is 0 Å². The van der Waals surface area contributed by atoms with Crippen LogP contribution < -0.4 is 15.4 Å². The fourth-order valence-electron chi connectivity index (χ4n) is 3.02. The summed E-state index contributed by atoms with van der Waals surface area (Å²) in [4.78, 5) is 42.1. The van der Waals surface area contributed by atoms with Gasteiger partial charge in [0.05, 0.1) is 25.8 Å². The lowest BCUT2D eigenvalue weighted by Gasteiger charge is -2.14. The highest BCUT2D eigenvalue weighted by Crippen LogP contribution is 2.19. The fraction of sp³-hybridized carbons (Fsp3) is 0.300. The Labute approximate surface area is 162 Å². The summed E-state index contributed by atoms with van der Waals surface area (Å²) in [6, 6.07) is 11.5. The van der Waals surface area contributed by atoms with Gasteiger partial charge in [0.25, 0.3) is 5.91 Å². The number of urea groups is 1. The summed E-state index contributed by atoms with van der Waals surface area (Å²) in [6.07, 6.45) is 2.01. The van der Waals surface area contributed by atoms with Crippen molar-refractivity contribution < 1.29 is 19.1 Å². The maximum atomic E-state index is 12.5. The first-order chi connectivity index (χ1) is 13.6. The number of imide groups is 1. The minimum atomic E-state index is -0.853. The second-order valence-corrected chi connectivity index (χ2v) is 6.36. The van der Waals surface area contributed by atoms with Crippen LogP contribution in [0.1, 0.15) is 17.7 Å². The Kier molecular flexibility index (Phi) is 6.21. The first kappa shape index (κ1) is 19.3. The summed E-state index contributed by atoms with van der Waals surface area (Å²) in [5, 5.41) is 5.29. The number of hydrogen-bond donors (Lipinski definition) is 2. The minimum Gasteiger partial charge on any atom is -0.496 e. The van der Waals surface area contributed by atoms with Crippen molar-refractivity contribution in [2.75, 3.05) is 13.7 Å². The molecule has 2 heterocycles. The van der Waals surface area contributed by atoms with Gasteiger partial charge in [-0.2, -0.15) is 0 Å². The fourth-order valence-corrected chi connectivity index (χ4v) is 3.02. The maximum absolute atomic E-state index is 12.5. The van der Waals surface area contributed by atoms with Crippen molar-refractivity contribution in [1.29, 1.82) is 0 Å². The van der Waals surface area contributed by atoms with Crippen molar-refractivity contribution >= 4 is 17.8 Å². The SMILES string of the molecule is COc1ccccc1CCN1C(=O)N[C@@H](CC(=O)NCc2ccccn2)C1=O. The predicted molar refractivity (Wildman–Crippen MR) is 101 cm³/mol. The molecule has 1 fully saturated rings. The Balaban J connectivity index is 1.52. The molecule has 2 N–H and O–H groups in total. The van der Waals surface area contributed by atoms with E-state index in [1.807, 2.05) is 30.3 Å². The van der Waals surface area contributed by atoms with Crippen molar-refractivity contribution in [3.05, 3.63) is 59.9 Å². The predicted octanol–water partition coefficient (Wildman–Crippen LogP) is 1.26. The van der Waals surface area contributed by atoms with Crippen LogP contribution in [-0.4, -0.2) is 47.4 Å². The topological polar surface area (TPSA) is 101 Å². The van der Waals surface area contributed by atoms with Crippen molar-refractivity contribution in [3.8, 4) is 5.75 Å². The summed E-state index contributed by atoms with van der Waals surface area (Å²) in [7, 11) is 1.58. The molecule has 0 radical (unpaired) electrons. The van der Waals surface area contributed by atoms with E-state index in [1.54, 1.807) is 25.4 Å². The zero-order valence-corrected chi connectivity index (χ0v) is 15.6. The number of nitrogens with one attached hydrogen (secondary N) is 2. The zero-order chi connectivity index (χ0) is 19.9. The summed E-state index contributed by atoms with van der Waals surface area (Å²) < 4.78 is 5.29. The number of carbonyl (C=O) groups is 3. The summed E-state index contributed by atoms with van der Waals surface area (Å²) in [5.74, 6) is -0.0104. The van der Waals surface area contributed by atoms with E-state index in [9.17, 15) is 14.4 Å². The molecule has 3 rings (SSSR count). The number of nitrogens with zero attached hydrogens (tertiary/aromatic N) is 2. The van der Waals surface area contributed by atoms with Crippen LogP contribution in [0.2, 0.25) is 0 Å². The molecule has 0 spiro atoms. The lowest BCUT2D eigenvalue weighted by Crippen LogP contribution is -2.36. The van der Waals surface area contributed by atoms with Crippen molar-refractivity contribution in [1.82, 2.24) is 20.5 Å². The highest BCUT2D eigenvalue weighted by atomic mass is 16.5. The highest BCUT2D eigenvalue weighted by molar-refractivity contribution is 6.05. The third-order valence-electron chi connectivity index (χ3n) is 4.49. The molecule has 1 aliphatic heterocycles. The molecule has 1 aliphatic rings. The molecular weight excluding hydrogens is 360 g/mol. The van der Waals surface area contributed by atoms with Gasteiger partial charge < -0.3 is 15.4 Å². The Hall–Kier alpha value is -3.42. The van der Waals surface area contributed by atoms with Gasteiger partial charge in [-0.15, -0.1) is 0 Å². The van der Waals surface area contributed by atoms with Gasteiger partial charge in [-0.05, 0) is 30.2 Å². The number of methoxy groups -OCH3 is 1. The van der Waals surface area contributed by atoms with Gasteiger partial charge >= 0.3 is 6.03 Å². The van der Waals surface area contributed by atoms with Crippen LogP contribution in [0, 0.1) is 0 Å². The molecule has 4 amide bonds. The molecule has 0 bridgehead atoms. The van der Waals surface area contributed by atoms with Crippen LogP contribution in [0.15, 0.2) is 48.7 Å². The van der Waals surface area contributed by atoms with E-state index < -0.39 is 18.0 Å². The van der Waals surface area contributed by atoms with Gasteiger partial charge in [0.1, 0.15) is 11.8 Å². The molecule has 28 heavy (non-hydrogen) atoms. The van der Waals surface area contributed by atoms with Crippen LogP contribution >= 0.6 is 0 Å². The molecule has 8 nitrogen and oxygen atoms in total. The molecule has 146 valence electrons. The van der Waals surface area contributed by atoms with E-state index in [0.29, 0.717) is 12.2 Å². The standard InChI is InChI=1S/C20H22N4O4/c1-28-17-8-3-2-6-14(17)9-11-24-19(26)16(23-20(24)27)12-18(25)22-13-15-7-4-5-10-21-15/h2-8,10,16H,9,11-13H2,1H3,(H,22,25)(H,23,27)/t16-/m0/s1. The van der Waals surface area contributed by atoms with Crippen LogP contribution in [0.3, 0.4) is 0 Å². The van der Waals surface area contributed by atoms with Gasteiger partial charge in [0.15, 0.2) is 0 Å². The number of hydrogen-bond acceptors (Lipinski definition) is 5. The van der Waals surface area contributed by atoms with Crippen molar-refractivity contribution in [3.63, 3.8) is 0 Å². The zero-order valence-electron chi connectivity index (χ0n) is 15.6. The van der Waals surface area contributed by atoms with Gasteiger partial charge in [0.2, 0.25) is 5.91 Å². The van der Waals surface area contributed by atoms with Crippen molar-refractivity contribution in [2.45, 2.75) is 25.4 Å². The second-order valence-electron chi connectivity index (χ2n) is 6.36. The maximum Gasteiger partial charge on any atom is 0.324 e. The summed E-state index contributed by atoms with van der Waals surface area (Å²) in [5.41, 5.74) is 1.62. The number of aromatic nitrogens is 1. The van der Waals surface area contributed by atoms with E-state index in [-0.39, 0.29) is 25.4 Å². The van der Waals surface area contributed by atoms with Crippen molar-refractivity contribution in [2.24, 2.45) is 0 Å². The smallest absolute Gasteiger partial charge is 0.324 e. The number of benzene rings is 1. The molecule has 0 saturated carbocycles. The minimum absolute atomic E-state index is 0.109. The second kappa shape index (κ2) is 8.98. The number of carbonyl (C=O) groups excluding carboxylic acids is 3. The third-order valence-corrected chi connectivity index (χ3v) is 4.49. The van der Waals surface area contributed by atoms with Crippen LogP contribution in [-0.2, 0) is 22.6 Å². The monoisotopic (exact) mass is 382 g/mol. The average Bonchev–Trinajstić information content (AvgIpc) is 2.98. The van der Waals surface area contributed by atoms with E-state index >= 15 is 0 Å². The van der Waals surface area contributed by atoms with Gasteiger partial charge in [-0.1, -0.05) is 24.3 Å². The van der Waals surface area contributed by atoms with Crippen LogP contribution in [0.4, 0.5) is 4.79 Å². The molecule has 8 heteroatoms. The molecule has 0 aliphatic carbocycles. The highest BCUT2D eigenvalue weighted by Gasteiger charge is 2.38. The number of pyridine rings is 1. The third kappa shape index (κ3) is 4.64. The Morgan fingerprint density at radius 2 is 2.00 bits per heavy atom. The number of ether oxygens (including phenoxy) is 1. The Morgan fingerprint density at radius 1 is 1.21 bits per heavy atom. The molecule has 1 aromatic heterocycles. The first-order valence-corrected chi connectivity index (χ1v) is 8.99. The molecule has 1 saturated heterocycles. The Bertz CT molecular complexity index is 856. The van der Waals surface area contributed by atoms with E-state index in [0.717, 1.165) is 16.2 Å². The van der Waals surface area contributed by atoms with E-state index in [1.165, 1.54) is 0 Å². The molecule has 1 atom stereocenters. The molecule has 1 aromatic carbocycles. The lowest BCUT2D eigenvalue weighted by atomic mass is 10.1. The molecule has 0 unspecified atom stereocenters. The lowest BCUT2D eigenvalue weighted by molar-refractivity contribution is -0.130. The number of amides is 4. The molecular formula is C20H22N4O4. The average molecular weight is 382 g/mol. The van der Waals surface area contributed by atoms with Gasteiger partial charge in [0, 0.05) is 12.7 Å². The van der Waals surface area contributed by atoms with E-state index in [4.69, 9.17) is 4.74 Å². The number of rotatable bonds is 8. The van der Waals surface area contributed by atoms with Gasteiger partial charge in [-0.3, -0.25) is 19.5 Å². The molecule has 2 aromatic rings. The largest absolute Gasteiger partial charge is 0.496 e. The first-order valence-electron chi connectivity index (χ1n) is 8.99. The Morgan fingerprint density at radius 3 is 2.75 bits per heavy atom. The summed E-state index contributed by atoms with van der Waals surface area (Å²) >= 11 is 0. The summed E-state index contributed by atoms with van der Waals surface area (Å²) in [6.45, 7) is 0.489. The van der Waals surface area contributed by atoms with E-state index in [2.05, 4.69) is 15.6 Å². The normalized spacial score (nSPS) is 16.0.